The van der Waals surface area contributed by atoms with Crippen LogP contribution in [-0.4, -0.2) is 21.5 Å². The molecule has 1 N–H and O–H groups in total. The summed E-state index contributed by atoms with van der Waals surface area (Å²) in [4.78, 5) is 5.44. The van der Waals surface area contributed by atoms with Crippen molar-refractivity contribution in [3.05, 3.63) is 16.6 Å². The topological polar surface area (TPSA) is 24.9 Å². The van der Waals surface area contributed by atoms with Crippen LogP contribution in [0.25, 0.3) is 0 Å². The second kappa shape index (κ2) is 3.83. The Morgan fingerprint density at radius 3 is 2.86 bits per heavy atom. The van der Waals surface area contributed by atoms with Gasteiger partial charge in [0, 0.05) is 33.7 Å². The van der Waals surface area contributed by atoms with Gasteiger partial charge in [-0.25, -0.2) is 0 Å². The summed E-state index contributed by atoms with van der Waals surface area (Å²) < 4.78 is 0.402. The number of thiazole rings is 1. The first kappa shape index (κ1) is 10.5. The molecule has 2 nitrogen and oxygen atoms in total. The van der Waals surface area contributed by atoms with Crippen LogP contribution in [0.1, 0.15) is 31.7 Å². The fourth-order valence-electron chi connectivity index (χ4n) is 1.57. The van der Waals surface area contributed by atoms with Gasteiger partial charge in [0.25, 0.3) is 0 Å². The first-order valence-corrected chi connectivity index (χ1v) is 6.74. The van der Waals surface area contributed by atoms with Crippen molar-refractivity contribution in [1.29, 1.82) is 0 Å². The summed E-state index contributed by atoms with van der Waals surface area (Å²) in [5.74, 6) is 1.23. The maximum atomic E-state index is 4.10. The number of rotatable bonds is 3. The van der Waals surface area contributed by atoms with Gasteiger partial charge in [0.1, 0.15) is 0 Å². The summed E-state index contributed by atoms with van der Waals surface area (Å²) in [6.45, 7) is 6.82. The molecule has 0 radical (unpaired) electrons. The molecule has 0 amide bonds. The van der Waals surface area contributed by atoms with E-state index in [2.05, 4.69) is 31.1 Å². The average molecular weight is 228 g/mol. The van der Waals surface area contributed by atoms with Crippen LogP contribution in [0.3, 0.4) is 0 Å². The molecule has 2 atom stereocenters. The lowest BCUT2D eigenvalue weighted by molar-refractivity contribution is 0.399. The first-order chi connectivity index (χ1) is 6.59. The molecule has 0 aliphatic carbocycles. The molecule has 2 unspecified atom stereocenters. The zero-order valence-electron chi connectivity index (χ0n) is 8.78. The van der Waals surface area contributed by atoms with Crippen LogP contribution < -0.4 is 5.32 Å². The molecule has 1 fully saturated rings. The van der Waals surface area contributed by atoms with Gasteiger partial charge in [0.2, 0.25) is 0 Å². The van der Waals surface area contributed by atoms with E-state index >= 15 is 0 Å². The van der Waals surface area contributed by atoms with Gasteiger partial charge in [-0.2, -0.15) is 11.8 Å². The molecule has 0 spiro atoms. The van der Waals surface area contributed by atoms with E-state index < -0.39 is 0 Å². The van der Waals surface area contributed by atoms with Gasteiger partial charge in [-0.15, -0.1) is 11.3 Å². The Kier molecular flexibility index (Phi) is 2.86. The van der Waals surface area contributed by atoms with Crippen molar-refractivity contribution >= 4 is 23.1 Å². The Morgan fingerprint density at radius 1 is 1.64 bits per heavy atom. The van der Waals surface area contributed by atoms with E-state index in [1.54, 1.807) is 11.3 Å². The quantitative estimate of drug-likeness (QED) is 0.861. The number of nitrogens with zero attached hydrogens (tertiary/aromatic N) is 1. The summed E-state index contributed by atoms with van der Waals surface area (Å²) in [7, 11) is 0. The maximum absolute atomic E-state index is 4.10. The minimum atomic E-state index is 0.402. The van der Waals surface area contributed by atoms with Crippen molar-refractivity contribution < 1.29 is 0 Å². The lowest BCUT2D eigenvalue weighted by Crippen LogP contribution is -2.55. The average Bonchev–Trinajstić information content (AvgIpc) is 2.65. The fourth-order valence-corrected chi connectivity index (χ4v) is 3.37. The Bertz CT molecular complexity index is 295. The second-order valence-electron chi connectivity index (χ2n) is 4.26. The Hall–Kier alpha value is -0.0600. The van der Waals surface area contributed by atoms with Crippen LogP contribution in [0.2, 0.25) is 0 Å². The first-order valence-electron chi connectivity index (χ1n) is 4.88. The highest BCUT2D eigenvalue weighted by Crippen LogP contribution is 2.41. The van der Waals surface area contributed by atoms with Crippen molar-refractivity contribution in [3.8, 4) is 0 Å². The molecule has 14 heavy (non-hydrogen) atoms. The molecule has 4 heteroatoms. The predicted molar refractivity (Wildman–Crippen MR) is 64.0 cm³/mol. The minimum Gasteiger partial charge on any atom is -0.304 e. The van der Waals surface area contributed by atoms with E-state index in [-0.39, 0.29) is 0 Å². The Balaban J connectivity index is 1.92. The zero-order chi connectivity index (χ0) is 10.2. The van der Waals surface area contributed by atoms with Gasteiger partial charge in [-0.05, 0) is 20.8 Å². The van der Waals surface area contributed by atoms with Gasteiger partial charge in [-0.3, -0.25) is 4.98 Å². The van der Waals surface area contributed by atoms with Crippen LogP contribution in [0.5, 0.6) is 0 Å². The normalized spacial score (nSPS) is 26.9. The van der Waals surface area contributed by atoms with Crippen LogP contribution >= 0.6 is 23.1 Å². The molecule has 1 aromatic heterocycles. The van der Waals surface area contributed by atoms with E-state index in [1.807, 2.05) is 23.5 Å². The molecular formula is C10H16N2S2. The van der Waals surface area contributed by atoms with E-state index in [9.17, 15) is 0 Å². The molecule has 0 bridgehead atoms. The van der Waals surface area contributed by atoms with Crippen LogP contribution in [0, 0.1) is 0 Å². The zero-order valence-corrected chi connectivity index (χ0v) is 10.4. The molecule has 2 heterocycles. The van der Waals surface area contributed by atoms with Crippen molar-refractivity contribution in [1.82, 2.24) is 10.3 Å². The van der Waals surface area contributed by atoms with Crippen molar-refractivity contribution in [2.24, 2.45) is 0 Å². The molecule has 78 valence electrons. The summed E-state index contributed by atoms with van der Waals surface area (Å²) >= 11 is 3.76. The highest BCUT2D eigenvalue weighted by molar-refractivity contribution is 8.02. The monoisotopic (exact) mass is 228 g/mol. The highest BCUT2D eigenvalue weighted by Gasteiger charge is 2.39. The maximum Gasteiger partial charge on any atom is 0.0794 e. The molecule has 1 aliphatic heterocycles. The number of hydrogen-bond donors (Lipinski definition) is 1. The molecular weight excluding hydrogens is 212 g/mol. The number of nitrogens with one attached hydrogen (secondary N) is 1. The standard InChI is InChI=1S/C10H16N2S2/c1-7(8-4-11-6-13-8)12-9-5-14-10(9,2)3/h4,6-7,9,12H,5H2,1-3H3. The third-order valence-corrected chi connectivity index (χ3v) is 5.28. The molecule has 1 aromatic rings. The molecule has 1 saturated heterocycles. The van der Waals surface area contributed by atoms with Gasteiger partial charge < -0.3 is 5.32 Å². The molecule has 2 rings (SSSR count). The summed E-state index contributed by atoms with van der Waals surface area (Å²) in [5.41, 5.74) is 1.90. The lowest BCUT2D eigenvalue weighted by Gasteiger charge is -2.45. The van der Waals surface area contributed by atoms with Gasteiger partial charge in [0.15, 0.2) is 0 Å². The number of aromatic nitrogens is 1. The van der Waals surface area contributed by atoms with E-state index in [1.165, 1.54) is 10.6 Å². The summed E-state index contributed by atoms with van der Waals surface area (Å²) in [5, 5.41) is 3.66. The largest absolute Gasteiger partial charge is 0.304 e. The molecule has 1 aliphatic rings. The third kappa shape index (κ3) is 1.97. The van der Waals surface area contributed by atoms with E-state index in [0.717, 1.165) is 0 Å². The summed E-state index contributed by atoms with van der Waals surface area (Å²) in [6, 6.07) is 1.08. The van der Waals surface area contributed by atoms with E-state index in [0.29, 0.717) is 16.8 Å². The second-order valence-corrected chi connectivity index (χ2v) is 6.85. The number of hydrogen-bond acceptors (Lipinski definition) is 4. The molecule has 0 aromatic carbocycles. The third-order valence-electron chi connectivity index (χ3n) is 2.79. The fraction of sp³-hybridized carbons (Fsp3) is 0.700. The van der Waals surface area contributed by atoms with Crippen LogP contribution in [0.4, 0.5) is 0 Å². The van der Waals surface area contributed by atoms with Crippen LogP contribution in [0.15, 0.2) is 11.7 Å². The van der Waals surface area contributed by atoms with Crippen molar-refractivity contribution in [2.45, 2.75) is 37.6 Å². The van der Waals surface area contributed by atoms with Gasteiger partial charge >= 0.3 is 0 Å². The van der Waals surface area contributed by atoms with Crippen LogP contribution in [-0.2, 0) is 0 Å². The van der Waals surface area contributed by atoms with Gasteiger partial charge in [-0.1, -0.05) is 0 Å². The lowest BCUT2D eigenvalue weighted by atomic mass is 10.0. The predicted octanol–water partition coefficient (Wildman–Crippen LogP) is 2.69. The Labute approximate surface area is 93.5 Å². The Morgan fingerprint density at radius 2 is 2.43 bits per heavy atom. The number of thioether (sulfide) groups is 1. The van der Waals surface area contributed by atoms with Crippen molar-refractivity contribution in [2.75, 3.05) is 5.75 Å². The van der Waals surface area contributed by atoms with Gasteiger partial charge in [0.05, 0.1) is 5.51 Å². The minimum absolute atomic E-state index is 0.402. The van der Waals surface area contributed by atoms with Crippen molar-refractivity contribution in [3.63, 3.8) is 0 Å². The highest BCUT2D eigenvalue weighted by atomic mass is 32.2. The molecule has 0 saturated carbocycles. The van der Waals surface area contributed by atoms with E-state index in [4.69, 9.17) is 0 Å². The SMILES string of the molecule is CC(NC1CSC1(C)C)c1cncs1. The smallest absolute Gasteiger partial charge is 0.0794 e. The summed E-state index contributed by atoms with van der Waals surface area (Å²) in [6.07, 6.45) is 1.96.